The van der Waals surface area contributed by atoms with Gasteiger partial charge >= 0.3 is 0 Å². The van der Waals surface area contributed by atoms with E-state index in [2.05, 4.69) is 15.7 Å². The van der Waals surface area contributed by atoms with E-state index >= 15 is 0 Å². The largest absolute Gasteiger partial charge is 0.338 e. The molecular formula is C33H31N5O3. The molecule has 0 radical (unpaired) electrons. The van der Waals surface area contributed by atoms with E-state index in [1.165, 1.54) is 4.68 Å². The van der Waals surface area contributed by atoms with Crippen LogP contribution in [0.4, 0.5) is 5.69 Å². The molecule has 2 aromatic heterocycles. The maximum atomic E-state index is 14.0. The van der Waals surface area contributed by atoms with Crippen LogP contribution < -0.4 is 16.2 Å². The van der Waals surface area contributed by atoms with Crippen molar-refractivity contribution in [2.45, 2.75) is 18.9 Å². The molecule has 8 heteroatoms. The molecule has 0 saturated heterocycles. The maximum absolute atomic E-state index is 14.0. The highest BCUT2D eigenvalue weighted by atomic mass is 16.2. The number of hydrogen-bond donors (Lipinski definition) is 2. The van der Waals surface area contributed by atoms with E-state index in [1.54, 1.807) is 43.1 Å². The monoisotopic (exact) mass is 545 g/mol. The smallest absolute Gasteiger partial charge is 0.270 e. The van der Waals surface area contributed by atoms with Crippen molar-refractivity contribution < 1.29 is 9.59 Å². The number of carbonyl (C=O) groups excluding carboxylic acids is 2. The minimum atomic E-state index is -0.937. The summed E-state index contributed by atoms with van der Waals surface area (Å²) in [7, 11) is 3.43. The van der Waals surface area contributed by atoms with Gasteiger partial charge in [-0.1, -0.05) is 72.8 Å². The molecule has 0 bridgehead atoms. The van der Waals surface area contributed by atoms with E-state index in [9.17, 15) is 14.4 Å². The van der Waals surface area contributed by atoms with Crippen LogP contribution in [0.5, 0.6) is 0 Å². The normalized spacial score (nSPS) is 11.7. The first-order valence-electron chi connectivity index (χ1n) is 13.3. The summed E-state index contributed by atoms with van der Waals surface area (Å²) in [5.41, 5.74) is 5.35. The van der Waals surface area contributed by atoms with Gasteiger partial charge in [0.05, 0.1) is 0 Å². The van der Waals surface area contributed by atoms with Crippen molar-refractivity contribution in [1.82, 2.24) is 19.7 Å². The van der Waals surface area contributed by atoms with Crippen LogP contribution in [-0.2, 0) is 18.9 Å². The Labute approximate surface area is 238 Å². The van der Waals surface area contributed by atoms with E-state index in [1.807, 2.05) is 91.9 Å². The van der Waals surface area contributed by atoms with Crippen molar-refractivity contribution in [2.75, 3.05) is 5.32 Å². The molecule has 5 aromatic rings. The molecule has 2 heterocycles. The zero-order valence-corrected chi connectivity index (χ0v) is 23.1. The molecule has 2 amide bonds. The van der Waals surface area contributed by atoms with Crippen LogP contribution >= 0.6 is 0 Å². The lowest BCUT2D eigenvalue weighted by atomic mass is 9.84. The van der Waals surface area contributed by atoms with Gasteiger partial charge in [0, 0.05) is 49.2 Å². The molecule has 0 fully saturated rings. The second kappa shape index (κ2) is 11.9. The topological polar surface area (TPSA) is 98.0 Å². The van der Waals surface area contributed by atoms with Gasteiger partial charge in [-0.05, 0) is 47.9 Å². The van der Waals surface area contributed by atoms with Crippen LogP contribution in [0.2, 0.25) is 0 Å². The average molecular weight is 546 g/mol. The lowest BCUT2D eigenvalue weighted by Crippen LogP contribution is -2.48. The zero-order valence-electron chi connectivity index (χ0n) is 23.1. The second-order valence-corrected chi connectivity index (χ2v) is 9.89. The van der Waals surface area contributed by atoms with E-state index in [-0.39, 0.29) is 11.5 Å². The number of hydrogen-bond acceptors (Lipinski definition) is 4. The third-order valence-corrected chi connectivity index (χ3v) is 7.35. The minimum Gasteiger partial charge on any atom is -0.338 e. The summed E-state index contributed by atoms with van der Waals surface area (Å²) in [5, 5.41) is 10.1. The summed E-state index contributed by atoms with van der Waals surface area (Å²) in [6, 6.07) is 30.8. The molecule has 2 N–H and O–H groups in total. The molecule has 0 aliphatic carbocycles. The fourth-order valence-corrected chi connectivity index (χ4v) is 5.00. The van der Waals surface area contributed by atoms with Gasteiger partial charge in [-0.2, -0.15) is 5.10 Å². The number of aryl methyl sites for hydroxylation is 1. The average Bonchev–Trinajstić information content (AvgIpc) is 3.43. The van der Waals surface area contributed by atoms with E-state index in [0.29, 0.717) is 11.4 Å². The molecule has 8 nitrogen and oxygen atoms in total. The number of rotatable bonds is 8. The quantitative estimate of drug-likeness (QED) is 0.296. The van der Waals surface area contributed by atoms with Crippen LogP contribution in [0.25, 0.3) is 11.1 Å². The van der Waals surface area contributed by atoms with Gasteiger partial charge in [0.2, 0.25) is 11.5 Å². The number of pyridine rings is 1. The number of benzene rings is 3. The van der Waals surface area contributed by atoms with Crippen LogP contribution in [0, 0.1) is 6.92 Å². The van der Waals surface area contributed by atoms with Gasteiger partial charge in [0.1, 0.15) is 11.7 Å². The van der Waals surface area contributed by atoms with Crippen molar-refractivity contribution in [3.63, 3.8) is 0 Å². The Morgan fingerprint density at radius 3 is 1.95 bits per heavy atom. The highest BCUT2D eigenvalue weighted by Gasteiger charge is 2.33. The third kappa shape index (κ3) is 5.86. The molecule has 3 aromatic carbocycles. The Balaban J connectivity index is 1.49. The Morgan fingerprint density at radius 2 is 1.39 bits per heavy atom. The highest BCUT2D eigenvalue weighted by molar-refractivity contribution is 6.01. The Morgan fingerprint density at radius 1 is 0.780 bits per heavy atom. The molecule has 0 spiro atoms. The van der Waals surface area contributed by atoms with Crippen molar-refractivity contribution in [3.8, 4) is 11.1 Å². The molecule has 0 saturated carbocycles. The molecule has 0 unspecified atom stereocenters. The standard InChI is InChI=1S/C33H31N5O3/c1-22-27(18-19-29(39)37(22)2)23-14-16-26(17-15-23)35-33(41)31(36-32(40)28-20-21-34-38(28)3)30(24-10-6-4-7-11-24)25-12-8-5-9-13-25/h4-21,30-31H,1-3H3,(H,35,41)(H,36,40)/t31-/m0/s1. The number of nitrogens with one attached hydrogen (secondary N) is 2. The first kappa shape index (κ1) is 27.3. The highest BCUT2D eigenvalue weighted by Crippen LogP contribution is 2.30. The molecule has 0 aliphatic rings. The third-order valence-electron chi connectivity index (χ3n) is 7.35. The molecular weight excluding hydrogens is 514 g/mol. The van der Waals surface area contributed by atoms with Gasteiger partial charge in [0.15, 0.2) is 0 Å². The summed E-state index contributed by atoms with van der Waals surface area (Å²) in [6.07, 6.45) is 1.55. The Kier molecular flexibility index (Phi) is 7.92. The predicted molar refractivity (Wildman–Crippen MR) is 160 cm³/mol. The van der Waals surface area contributed by atoms with Crippen molar-refractivity contribution >= 4 is 17.5 Å². The van der Waals surface area contributed by atoms with Gasteiger partial charge in [-0.15, -0.1) is 0 Å². The van der Waals surface area contributed by atoms with E-state index < -0.39 is 17.9 Å². The van der Waals surface area contributed by atoms with Gasteiger partial charge in [-0.25, -0.2) is 0 Å². The lowest BCUT2D eigenvalue weighted by Gasteiger charge is -2.28. The number of aromatic nitrogens is 3. The van der Waals surface area contributed by atoms with Crippen LogP contribution in [0.1, 0.15) is 33.2 Å². The first-order valence-corrected chi connectivity index (χ1v) is 13.3. The fourth-order valence-electron chi connectivity index (χ4n) is 5.00. The van der Waals surface area contributed by atoms with Crippen LogP contribution in [-0.4, -0.2) is 32.2 Å². The number of nitrogens with zero attached hydrogens (tertiary/aromatic N) is 3. The van der Waals surface area contributed by atoms with Gasteiger partial charge in [0.25, 0.3) is 5.91 Å². The van der Waals surface area contributed by atoms with Crippen molar-refractivity contribution in [1.29, 1.82) is 0 Å². The summed E-state index contributed by atoms with van der Waals surface area (Å²) < 4.78 is 3.08. The lowest BCUT2D eigenvalue weighted by molar-refractivity contribution is -0.118. The second-order valence-electron chi connectivity index (χ2n) is 9.89. The number of amides is 2. The van der Waals surface area contributed by atoms with Crippen LogP contribution in [0.15, 0.2) is 114 Å². The Bertz CT molecular complexity index is 1690. The molecule has 206 valence electrons. The zero-order chi connectivity index (χ0) is 28.9. The Hall–Kier alpha value is -5.24. The summed E-state index contributed by atoms with van der Waals surface area (Å²) >= 11 is 0. The maximum Gasteiger partial charge on any atom is 0.270 e. The number of carbonyl (C=O) groups is 2. The molecule has 0 aliphatic heterocycles. The number of anilines is 1. The van der Waals surface area contributed by atoms with E-state index in [0.717, 1.165) is 27.9 Å². The SMILES string of the molecule is Cc1c(-c2ccc(NC(=O)[C@@H](NC(=O)c3ccnn3C)C(c3ccccc3)c3ccccc3)cc2)ccc(=O)n1C. The molecule has 41 heavy (non-hydrogen) atoms. The summed E-state index contributed by atoms with van der Waals surface area (Å²) in [6.45, 7) is 1.90. The van der Waals surface area contributed by atoms with E-state index in [4.69, 9.17) is 0 Å². The first-order chi connectivity index (χ1) is 19.8. The van der Waals surface area contributed by atoms with Crippen molar-refractivity contribution in [2.24, 2.45) is 14.1 Å². The predicted octanol–water partition coefficient (Wildman–Crippen LogP) is 4.66. The minimum absolute atomic E-state index is 0.0688. The van der Waals surface area contributed by atoms with Crippen molar-refractivity contribution in [3.05, 3.63) is 142 Å². The van der Waals surface area contributed by atoms with Crippen LogP contribution in [0.3, 0.4) is 0 Å². The summed E-state index contributed by atoms with van der Waals surface area (Å²) in [5.74, 6) is -1.21. The molecule has 5 rings (SSSR count). The summed E-state index contributed by atoms with van der Waals surface area (Å²) in [4.78, 5) is 39.3. The molecule has 1 atom stereocenters. The van der Waals surface area contributed by atoms with Gasteiger partial charge < -0.3 is 15.2 Å². The van der Waals surface area contributed by atoms with Gasteiger partial charge in [-0.3, -0.25) is 19.1 Å². The fraction of sp³-hybridized carbons (Fsp3) is 0.152.